The van der Waals surface area contributed by atoms with E-state index in [2.05, 4.69) is 5.32 Å². The van der Waals surface area contributed by atoms with E-state index in [0.29, 0.717) is 32.7 Å². The van der Waals surface area contributed by atoms with Crippen LogP contribution in [0.4, 0.5) is 13.6 Å². The second-order valence-corrected chi connectivity index (χ2v) is 5.69. The Hall–Kier alpha value is -2.35. The molecule has 0 saturated carbocycles. The summed E-state index contributed by atoms with van der Waals surface area (Å²) in [6.07, 6.45) is -0.344. The number of hydrogen-bond acceptors (Lipinski definition) is 4. The van der Waals surface area contributed by atoms with Gasteiger partial charge in [0.15, 0.2) is 0 Å². The number of carbonyl (C=O) groups is 1. The molecule has 2 N–H and O–H groups in total. The third-order valence-corrected chi connectivity index (χ3v) is 4.14. The van der Waals surface area contributed by atoms with E-state index in [1.165, 1.54) is 6.26 Å². The minimum absolute atomic E-state index is 0.00831. The quantitative estimate of drug-likeness (QED) is 0.883. The van der Waals surface area contributed by atoms with Crippen molar-refractivity contribution in [1.29, 1.82) is 0 Å². The van der Waals surface area contributed by atoms with Gasteiger partial charge in [-0.05, 0) is 18.2 Å². The average Bonchev–Trinajstić information content (AvgIpc) is 2.57. The van der Waals surface area contributed by atoms with Gasteiger partial charge in [-0.15, -0.1) is 0 Å². The topological polar surface area (TPSA) is 71.0 Å². The summed E-state index contributed by atoms with van der Waals surface area (Å²) in [7, 11) is 0. The third-order valence-electron chi connectivity index (χ3n) is 4.14. The Morgan fingerprint density at radius 3 is 2.75 bits per heavy atom. The van der Waals surface area contributed by atoms with Crippen molar-refractivity contribution in [3.8, 4) is 0 Å². The average molecular weight is 340 g/mol. The fraction of sp³-hybridized carbons (Fsp3) is 0.438. The molecule has 0 aromatic heterocycles. The molecule has 2 aliphatic rings. The number of morpholine rings is 1. The molecular weight excluding hydrogens is 322 g/mol. The Morgan fingerprint density at radius 1 is 1.29 bits per heavy atom. The lowest BCUT2D eigenvalue weighted by atomic mass is 9.95. The predicted molar refractivity (Wildman–Crippen MR) is 80.2 cm³/mol. The summed E-state index contributed by atoms with van der Waals surface area (Å²) in [5, 5.41) is 11.4. The van der Waals surface area contributed by atoms with Gasteiger partial charge >= 0.3 is 6.09 Å². The van der Waals surface area contributed by atoms with E-state index < -0.39 is 29.9 Å². The molecule has 1 fully saturated rings. The molecule has 1 aromatic carbocycles. The van der Waals surface area contributed by atoms with Crippen molar-refractivity contribution < 1.29 is 28.2 Å². The molecular formula is C16H18F2N2O4. The third kappa shape index (κ3) is 3.59. The van der Waals surface area contributed by atoms with Gasteiger partial charge in [-0.3, -0.25) is 0 Å². The molecule has 0 unspecified atom stereocenters. The van der Waals surface area contributed by atoms with Crippen molar-refractivity contribution in [1.82, 2.24) is 10.2 Å². The second kappa shape index (κ2) is 7.04. The first-order valence-corrected chi connectivity index (χ1v) is 7.66. The SMILES string of the molecule is O=C(O)N[C@H]1CC(N2CCOCC2)=CO[C@@H]1c1cc(F)ccc1F. The standard InChI is InChI=1S/C16H18F2N2O4/c17-10-1-2-13(18)12(7-10)15-14(19-16(21)22)8-11(9-24-15)20-3-5-23-6-4-20/h1-2,7,9,14-15,19H,3-6,8H2,(H,21,22)/t14-,15+/m0/s1. The molecule has 3 rings (SSSR count). The second-order valence-electron chi connectivity index (χ2n) is 5.69. The van der Waals surface area contributed by atoms with E-state index in [-0.39, 0.29) is 5.56 Å². The number of hydrogen-bond donors (Lipinski definition) is 2. The number of benzene rings is 1. The summed E-state index contributed by atoms with van der Waals surface area (Å²) < 4.78 is 38.4. The monoisotopic (exact) mass is 340 g/mol. The smallest absolute Gasteiger partial charge is 0.405 e. The van der Waals surface area contributed by atoms with E-state index in [0.717, 1.165) is 23.9 Å². The van der Waals surface area contributed by atoms with Crippen LogP contribution in [-0.4, -0.2) is 48.4 Å². The van der Waals surface area contributed by atoms with Gasteiger partial charge < -0.3 is 24.8 Å². The van der Waals surface area contributed by atoms with Crippen molar-refractivity contribution in [3.05, 3.63) is 47.4 Å². The molecule has 2 aliphatic heterocycles. The zero-order valence-electron chi connectivity index (χ0n) is 12.9. The molecule has 0 aliphatic carbocycles. The highest BCUT2D eigenvalue weighted by Crippen LogP contribution is 2.33. The summed E-state index contributed by atoms with van der Waals surface area (Å²) in [6, 6.07) is 2.33. The van der Waals surface area contributed by atoms with Gasteiger partial charge in [0.25, 0.3) is 0 Å². The van der Waals surface area contributed by atoms with Crippen molar-refractivity contribution in [3.63, 3.8) is 0 Å². The minimum Gasteiger partial charge on any atom is -0.489 e. The van der Waals surface area contributed by atoms with Crippen LogP contribution in [0.1, 0.15) is 18.1 Å². The maximum atomic E-state index is 14.0. The molecule has 24 heavy (non-hydrogen) atoms. The highest BCUT2D eigenvalue weighted by atomic mass is 19.1. The lowest BCUT2D eigenvalue weighted by Crippen LogP contribution is -2.45. The Balaban J connectivity index is 1.86. The maximum Gasteiger partial charge on any atom is 0.405 e. The first-order chi connectivity index (χ1) is 11.5. The highest BCUT2D eigenvalue weighted by molar-refractivity contribution is 5.65. The van der Waals surface area contributed by atoms with Gasteiger partial charge in [0.05, 0.1) is 25.0 Å². The van der Waals surface area contributed by atoms with Crippen molar-refractivity contribution >= 4 is 6.09 Å². The van der Waals surface area contributed by atoms with Crippen molar-refractivity contribution in [2.45, 2.75) is 18.6 Å². The van der Waals surface area contributed by atoms with E-state index in [9.17, 15) is 13.6 Å². The molecule has 0 bridgehead atoms. The fourth-order valence-electron chi connectivity index (χ4n) is 2.99. The number of rotatable bonds is 3. The molecule has 0 radical (unpaired) electrons. The van der Waals surface area contributed by atoms with Gasteiger partial charge in [0.2, 0.25) is 0 Å². The molecule has 2 heterocycles. The van der Waals surface area contributed by atoms with Crippen LogP contribution in [0.5, 0.6) is 0 Å². The van der Waals surface area contributed by atoms with Crippen LogP contribution in [0.25, 0.3) is 0 Å². The molecule has 8 heteroatoms. The lowest BCUT2D eigenvalue weighted by Gasteiger charge is -2.38. The van der Waals surface area contributed by atoms with Gasteiger partial charge in [-0.1, -0.05) is 0 Å². The Bertz CT molecular complexity index is 647. The molecule has 1 aromatic rings. The molecule has 2 atom stereocenters. The number of halogens is 2. The highest BCUT2D eigenvalue weighted by Gasteiger charge is 2.34. The Labute approximate surface area is 137 Å². The van der Waals surface area contributed by atoms with Crippen LogP contribution in [0, 0.1) is 11.6 Å². The van der Waals surface area contributed by atoms with Crippen LogP contribution in [0.3, 0.4) is 0 Å². The molecule has 0 spiro atoms. The summed E-state index contributed by atoms with van der Waals surface area (Å²) in [5.41, 5.74) is 0.802. The Kier molecular flexibility index (Phi) is 4.84. The molecule has 130 valence electrons. The zero-order chi connectivity index (χ0) is 17.1. The molecule has 6 nitrogen and oxygen atoms in total. The van der Waals surface area contributed by atoms with E-state index >= 15 is 0 Å². The van der Waals surface area contributed by atoms with Crippen molar-refractivity contribution in [2.24, 2.45) is 0 Å². The van der Waals surface area contributed by atoms with E-state index in [1.54, 1.807) is 0 Å². The zero-order valence-corrected chi connectivity index (χ0v) is 12.9. The molecule has 1 amide bonds. The predicted octanol–water partition coefficient (Wildman–Crippen LogP) is 2.24. The van der Waals surface area contributed by atoms with E-state index in [4.69, 9.17) is 14.6 Å². The first kappa shape index (κ1) is 16.5. The number of nitrogens with zero attached hydrogens (tertiary/aromatic N) is 1. The van der Waals surface area contributed by atoms with Gasteiger partial charge in [0, 0.05) is 25.1 Å². The van der Waals surface area contributed by atoms with Gasteiger partial charge in [-0.2, -0.15) is 0 Å². The van der Waals surface area contributed by atoms with Crippen LogP contribution in [0.2, 0.25) is 0 Å². The van der Waals surface area contributed by atoms with Crippen LogP contribution in [-0.2, 0) is 9.47 Å². The van der Waals surface area contributed by atoms with Crippen LogP contribution < -0.4 is 5.32 Å². The number of ether oxygens (including phenoxy) is 2. The maximum absolute atomic E-state index is 14.0. The van der Waals surface area contributed by atoms with Crippen LogP contribution in [0.15, 0.2) is 30.2 Å². The summed E-state index contributed by atoms with van der Waals surface area (Å²) in [4.78, 5) is 13.1. The molecule has 1 saturated heterocycles. The van der Waals surface area contributed by atoms with Gasteiger partial charge in [-0.25, -0.2) is 13.6 Å². The Morgan fingerprint density at radius 2 is 2.04 bits per heavy atom. The number of amides is 1. The minimum atomic E-state index is -1.24. The van der Waals surface area contributed by atoms with Crippen LogP contribution >= 0.6 is 0 Å². The lowest BCUT2D eigenvalue weighted by molar-refractivity contribution is 0.0300. The summed E-state index contributed by atoms with van der Waals surface area (Å²) in [6.45, 7) is 2.51. The van der Waals surface area contributed by atoms with Gasteiger partial charge in [0.1, 0.15) is 24.0 Å². The van der Waals surface area contributed by atoms with E-state index in [1.807, 2.05) is 4.90 Å². The summed E-state index contributed by atoms with van der Waals surface area (Å²) >= 11 is 0. The van der Waals surface area contributed by atoms with Crippen molar-refractivity contribution in [2.75, 3.05) is 26.3 Å². The number of nitrogens with one attached hydrogen (secondary N) is 1. The fourth-order valence-corrected chi connectivity index (χ4v) is 2.99. The number of carboxylic acid groups (broad SMARTS) is 1. The first-order valence-electron chi connectivity index (χ1n) is 7.66. The largest absolute Gasteiger partial charge is 0.489 e. The summed E-state index contributed by atoms with van der Waals surface area (Å²) in [5.74, 6) is -1.24. The normalized spacial score (nSPS) is 24.1.